The molecule has 2 rings (SSSR count). The molecule has 20 heavy (non-hydrogen) atoms. The lowest BCUT2D eigenvalue weighted by Crippen LogP contribution is -2.27. The Bertz CT molecular complexity index is 792. The van der Waals surface area contributed by atoms with E-state index in [4.69, 9.17) is 16.9 Å². The van der Waals surface area contributed by atoms with E-state index in [1.54, 1.807) is 31.3 Å². The molecule has 1 aromatic carbocycles. The van der Waals surface area contributed by atoms with Gasteiger partial charge in [-0.25, -0.2) is 4.98 Å². The Balaban J connectivity index is 2.55. The van der Waals surface area contributed by atoms with Crippen molar-refractivity contribution in [3.63, 3.8) is 0 Å². The molecule has 2 aromatic rings. The van der Waals surface area contributed by atoms with Crippen LogP contribution in [0.15, 0.2) is 35.6 Å². The first kappa shape index (κ1) is 14.4. The Morgan fingerprint density at radius 3 is 2.60 bits per heavy atom. The van der Waals surface area contributed by atoms with Crippen molar-refractivity contribution in [2.75, 3.05) is 11.4 Å². The molecule has 0 saturated carbocycles. The van der Waals surface area contributed by atoms with Gasteiger partial charge in [-0.15, -0.1) is 0 Å². The minimum absolute atomic E-state index is 0.0197. The number of benzene rings is 1. The number of para-hydroxylation sites is 1. The maximum atomic E-state index is 12.5. The van der Waals surface area contributed by atoms with Gasteiger partial charge in [0.2, 0.25) is 5.03 Å². The van der Waals surface area contributed by atoms with Gasteiger partial charge in [0.05, 0.1) is 17.6 Å². The minimum atomic E-state index is -3.92. The van der Waals surface area contributed by atoms with Crippen molar-refractivity contribution in [3.05, 3.63) is 41.3 Å². The van der Waals surface area contributed by atoms with Gasteiger partial charge >= 0.3 is 0 Å². The number of nitrogens with zero attached hydrogens (tertiary/aromatic N) is 4. The summed E-state index contributed by atoms with van der Waals surface area (Å²) in [5.74, 6) is 0. The Kier molecular flexibility index (Phi) is 3.70. The number of nitriles is 1. The summed E-state index contributed by atoms with van der Waals surface area (Å²) < 4.78 is 27.4. The topological polar surface area (TPSA) is 79.0 Å². The summed E-state index contributed by atoms with van der Waals surface area (Å²) in [7, 11) is -0.964. The van der Waals surface area contributed by atoms with Crippen LogP contribution in [0.1, 0.15) is 5.56 Å². The molecule has 0 fully saturated rings. The molecular formula is C12H11ClN4O2S. The molecule has 0 atom stereocenters. The van der Waals surface area contributed by atoms with Crippen LogP contribution in [0.4, 0.5) is 5.69 Å². The van der Waals surface area contributed by atoms with Crippen LogP contribution in [0.5, 0.6) is 0 Å². The molecule has 104 valence electrons. The molecule has 0 bridgehead atoms. The van der Waals surface area contributed by atoms with Crippen LogP contribution in [-0.2, 0) is 17.1 Å². The highest BCUT2D eigenvalue weighted by atomic mass is 35.5. The van der Waals surface area contributed by atoms with Crippen LogP contribution in [0.2, 0.25) is 5.15 Å². The number of anilines is 1. The van der Waals surface area contributed by atoms with Gasteiger partial charge in [-0.2, -0.15) is 13.7 Å². The van der Waals surface area contributed by atoms with Gasteiger partial charge < -0.3 is 4.57 Å². The average molecular weight is 311 g/mol. The van der Waals surface area contributed by atoms with Crippen LogP contribution in [0, 0.1) is 11.3 Å². The van der Waals surface area contributed by atoms with E-state index < -0.39 is 10.0 Å². The molecule has 0 aliphatic carbocycles. The van der Waals surface area contributed by atoms with Gasteiger partial charge in [0, 0.05) is 14.1 Å². The lowest BCUT2D eigenvalue weighted by Gasteiger charge is -2.19. The van der Waals surface area contributed by atoms with Gasteiger partial charge in [-0.05, 0) is 12.1 Å². The maximum Gasteiger partial charge on any atom is 0.284 e. The Morgan fingerprint density at radius 2 is 2.05 bits per heavy atom. The highest BCUT2D eigenvalue weighted by Crippen LogP contribution is 2.27. The summed E-state index contributed by atoms with van der Waals surface area (Å²) >= 11 is 5.93. The van der Waals surface area contributed by atoms with Crippen LogP contribution in [-0.4, -0.2) is 25.0 Å². The zero-order valence-corrected chi connectivity index (χ0v) is 12.4. The van der Waals surface area contributed by atoms with Crippen molar-refractivity contribution in [1.29, 1.82) is 5.26 Å². The van der Waals surface area contributed by atoms with Gasteiger partial charge in [-0.3, -0.25) is 4.31 Å². The number of sulfonamides is 1. The predicted molar refractivity (Wildman–Crippen MR) is 75.0 cm³/mol. The molecule has 0 saturated heterocycles. The van der Waals surface area contributed by atoms with E-state index in [2.05, 4.69) is 4.98 Å². The number of rotatable bonds is 3. The van der Waals surface area contributed by atoms with Crippen molar-refractivity contribution in [3.8, 4) is 6.07 Å². The third kappa shape index (κ3) is 2.24. The second-order valence-electron chi connectivity index (χ2n) is 4.05. The first-order chi connectivity index (χ1) is 9.39. The van der Waals surface area contributed by atoms with E-state index in [1.165, 1.54) is 17.9 Å². The smallest absolute Gasteiger partial charge is 0.284 e. The molecule has 1 heterocycles. The number of hydrogen-bond acceptors (Lipinski definition) is 4. The molecule has 0 aliphatic rings. The average Bonchev–Trinajstić information content (AvgIpc) is 2.78. The van der Waals surface area contributed by atoms with Gasteiger partial charge in [-0.1, -0.05) is 23.7 Å². The Morgan fingerprint density at radius 1 is 1.40 bits per heavy atom. The molecule has 0 spiro atoms. The third-order valence-corrected chi connectivity index (χ3v) is 5.07. The highest BCUT2D eigenvalue weighted by Gasteiger charge is 2.28. The number of halogens is 1. The van der Waals surface area contributed by atoms with Crippen molar-refractivity contribution in [2.24, 2.45) is 7.05 Å². The maximum absolute atomic E-state index is 12.5. The molecule has 0 amide bonds. The minimum Gasteiger partial charge on any atom is -0.324 e. The monoisotopic (exact) mass is 310 g/mol. The second kappa shape index (κ2) is 5.15. The first-order valence-electron chi connectivity index (χ1n) is 5.54. The fourth-order valence-electron chi connectivity index (χ4n) is 1.67. The van der Waals surface area contributed by atoms with Gasteiger partial charge in [0.25, 0.3) is 10.0 Å². The normalized spacial score (nSPS) is 11.1. The zero-order valence-electron chi connectivity index (χ0n) is 10.8. The van der Waals surface area contributed by atoms with Crippen LogP contribution in [0.25, 0.3) is 0 Å². The number of aryl methyl sites for hydroxylation is 1. The number of imidazole rings is 1. The van der Waals surface area contributed by atoms with Gasteiger partial charge in [0.15, 0.2) is 0 Å². The second-order valence-corrected chi connectivity index (χ2v) is 6.30. The largest absolute Gasteiger partial charge is 0.324 e. The molecule has 0 radical (unpaired) electrons. The highest BCUT2D eigenvalue weighted by molar-refractivity contribution is 7.92. The van der Waals surface area contributed by atoms with Crippen LogP contribution < -0.4 is 4.31 Å². The molecule has 0 unspecified atom stereocenters. The fourth-order valence-corrected chi connectivity index (χ4v) is 3.27. The lowest BCUT2D eigenvalue weighted by molar-refractivity contribution is 0.591. The number of aromatic nitrogens is 2. The van der Waals surface area contributed by atoms with Crippen LogP contribution >= 0.6 is 11.6 Å². The molecule has 8 heteroatoms. The van der Waals surface area contributed by atoms with Crippen molar-refractivity contribution >= 4 is 27.3 Å². The summed E-state index contributed by atoms with van der Waals surface area (Å²) in [6.45, 7) is 0. The van der Waals surface area contributed by atoms with Crippen molar-refractivity contribution in [2.45, 2.75) is 5.03 Å². The lowest BCUT2D eigenvalue weighted by atomic mass is 10.2. The predicted octanol–water partition coefficient (Wildman–Crippen LogP) is 1.77. The fraction of sp³-hybridized carbons (Fsp3) is 0.167. The quantitative estimate of drug-likeness (QED) is 0.865. The van der Waals surface area contributed by atoms with E-state index in [0.717, 1.165) is 4.31 Å². The molecule has 0 N–H and O–H groups in total. The standard InChI is InChI=1S/C12H11ClN4O2S/c1-16-8-15-12(11(16)13)20(18,19)17(2)10-6-4-3-5-9(10)7-14/h3-6,8H,1-2H3. The Hall–Kier alpha value is -2.04. The summed E-state index contributed by atoms with van der Waals surface area (Å²) in [6, 6.07) is 8.36. The van der Waals surface area contributed by atoms with Gasteiger partial charge in [0.1, 0.15) is 11.2 Å². The first-order valence-corrected chi connectivity index (χ1v) is 7.36. The molecular weight excluding hydrogens is 300 g/mol. The third-order valence-electron chi connectivity index (χ3n) is 2.80. The van der Waals surface area contributed by atoms with E-state index in [0.29, 0.717) is 0 Å². The molecule has 6 nitrogen and oxygen atoms in total. The summed E-state index contributed by atoms with van der Waals surface area (Å²) in [5.41, 5.74) is 0.530. The van der Waals surface area contributed by atoms with Crippen molar-refractivity contribution < 1.29 is 8.42 Å². The summed E-state index contributed by atoms with van der Waals surface area (Å²) in [4.78, 5) is 3.81. The van der Waals surface area contributed by atoms with E-state index in [-0.39, 0.29) is 21.4 Å². The number of hydrogen-bond donors (Lipinski definition) is 0. The molecule has 1 aromatic heterocycles. The zero-order chi connectivity index (χ0) is 14.9. The van der Waals surface area contributed by atoms with Crippen molar-refractivity contribution in [1.82, 2.24) is 9.55 Å². The summed E-state index contributed by atoms with van der Waals surface area (Å²) in [6.07, 6.45) is 1.32. The SMILES string of the molecule is CN(c1ccccc1C#N)S(=O)(=O)c1ncn(C)c1Cl. The molecule has 0 aliphatic heterocycles. The van der Waals surface area contributed by atoms with Crippen LogP contribution in [0.3, 0.4) is 0 Å². The van der Waals surface area contributed by atoms with E-state index in [1.807, 2.05) is 6.07 Å². The van der Waals surface area contributed by atoms with E-state index >= 15 is 0 Å². The van der Waals surface area contributed by atoms with E-state index in [9.17, 15) is 8.42 Å². The Labute approximate surface area is 121 Å². The summed E-state index contributed by atoms with van der Waals surface area (Å²) in [5, 5.41) is 8.83.